The number of amidine groups is 1. The van der Waals surface area contributed by atoms with Gasteiger partial charge in [-0.2, -0.15) is 5.10 Å². The van der Waals surface area contributed by atoms with Crippen LogP contribution in [-0.2, 0) is 29.5 Å². The minimum Gasteiger partial charge on any atom is -0.466 e. The fourth-order valence-corrected chi connectivity index (χ4v) is 4.36. The monoisotopic (exact) mass is 543 g/mol. The van der Waals surface area contributed by atoms with Crippen LogP contribution in [0.5, 0.6) is 0 Å². The second-order valence-electron chi connectivity index (χ2n) is 8.89. The van der Waals surface area contributed by atoms with Crippen LogP contribution >= 0.6 is 12.4 Å². The number of carbonyl (C=O) groups is 1. The van der Waals surface area contributed by atoms with Crippen molar-refractivity contribution in [2.75, 3.05) is 11.9 Å². The fraction of sp³-hybridized carbons (Fsp3) is 0.172. The number of nitrogens with two attached hydrogens (primary N) is 1. The lowest BCUT2D eigenvalue weighted by atomic mass is 10.1. The van der Waals surface area contributed by atoms with Crippen molar-refractivity contribution in [1.29, 1.82) is 5.41 Å². The highest BCUT2D eigenvalue weighted by atomic mass is 35.5. The Morgan fingerprint density at radius 2 is 1.79 bits per heavy atom. The first-order chi connectivity index (χ1) is 18.4. The molecule has 4 N–H and O–H groups in total. The predicted octanol–water partition coefficient (Wildman–Crippen LogP) is 4.85. The number of nitrogens with zero attached hydrogens (tertiary/aromatic N) is 4. The van der Waals surface area contributed by atoms with Gasteiger partial charge in [0.15, 0.2) is 0 Å². The van der Waals surface area contributed by atoms with Crippen molar-refractivity contribution in [2.45, 2.75) is 19.9 Å². The first-order valence-electron chi connectivity index (χ1n) is 12.4. The zero-order valence-corrected chi connectivity index (χ0v) is 22.5. The summed E-state index contributed by atoms with van der Waals surface area (Å²) in [5.74, 6) is 0.618. The van der Waals surface area contributed by atoms with Crippen molar-refractivity contribution < 1.29 is 9.53 Å². The number of nitrogen functional groups attached to an aromatic ring is 1. The largest absolute Gasteiger partial charge is 0.466 e. The average molecular weight is 544 g/mol. The summed E-state index contributed by atoms with van der Waals surface area (Å²) in [5, 5.41) is 15.7. The molecule has 10 heteroatoms. The maximum atomic E-state index is 12.1. The molecule has 0 radical (unpaired) electrons. The Morgan fingerprint density at radius 3 is 2.49 bits per heavy atom. The molecule has 200 valence electrons. The number of aryl methyl sites for hydroxylation is 1. The number of halogens is 1. The smallest absolute Gasteiger partial charge is 0.311 e. The van der Waals surface area contributed by atoms with E-state index in [4.69, 9.17) is 26.0 Å². The molecule has 0 spiro atoms. The quantitative estimate of drug-likeness (QED) is 0.139. The number of aromatic nitrogens is 4. The van der Waals surface area contributed by atoms with Gasteiger partial charge in [0.2, 0.25) is 0 Å². The van der Waals surface area contributed by atoms with Crippen molar-refractivity contribution >= 4 is 40.9 Å². The van der Waals surface area contributed by atoms with Crippen LogP contribution in [0.25, 0.3) is 28.0 Å². The highest BCUT2D eigenvalue weighted by molar-refractivity contribution is 5.95. The van der Waals surface area contributed by atoms with E-state index < -0.39 is 0 Å². The van der Waals surface area contributed by atoms with Crippen molar-refractivity contribution in [3.63, 3.8) is 0 Å². The molecule has 0 bridgehead atoms. The molecule has 0 amide bonds. The summed E-state index contributed by atoms with van der Waals surface area (Å²) in [6, 6.07) is 25.4. The number of benzene rings is 3. The van der Waals surface area contributed by atoms with Crippen LogP contribution in [0.4, 0.5) is 5.69 Å². The Balaban J connectivity index is 0.00000353. The highest BCUT2D eigenvalue weighted by Gasteiger charge is 2.16. The second-order valence-corrected chi connectivity index (χ2v) is 8.89. The summed E-state index contributed by atoms with van der Waals surface area (Å²) in [7, 11) is 1.99. The molecule has 39 heavy (non-hydrogen) atoms. The Hall–Kier alpha value is -4.63. The van der Waals surface area contributed by atoms with Crippen LogP contribution in [0.15, 0.2) is 78.9 Å². The topological polar surface area (TPSA) is 124 Å². The average Bonchev–Trinajstić information content (AvgIpc) is 3.48. The first kappa shape index (κ1) is 27.4. The summed E-state index contributed by atoms with van der Waals surface area (Å²) >= 11 is 0. The van der Waals surface area contributed by atoms with Crippen LogP contribution in [-0.4, -0.2) is 37.7 Å². The van der Waals surface area contributed by atoms with Gasteiger partial charge in [-0.25, -0.2) is 9.67 Å². The molecule has 0 aliphatic heterocycles. The van der Waals surface area contributed by atoms with Gasteiger partial charge < -0.3 is 20.4 Å². The molecule has 9 nitrogen and oxygen atoms in total. The lowest BCUT2D eigenvalue weighted by Gasteiger charge is -2.08. The van der Waals surface area contributed by atoms with Gasteiger partial charge in [-0.05, 0) is 55.5 Å². The number of anilines is 1. The Bertz CT molecular complexity index is 1610. The van der Waals surface area contributed by atoms with E-state index in [1.54, 1.807) is 6.92 Å². The second kappa shape index (κ2) is 11.8. The van der Waals surface area contributed by atoms with Crippen molar-refractivity contribution in [3.8, 4) is 16.9 Å². The molecule has 0 saturated carbocycles. The minimum atomic E-state index is -0.301. The molecule has 2 heterocycles. The number of hydrogen-bond acceptors (Lipinski definition) is 6. The lowest BCUT2D eigenvalue weighted by molar-refractivity contribution is -0.142. The summed E-state index contributed by atoms with van der Waals surface area (Å²) in [6.07, 6.45) is 0.107. The van der Waals surface area contributed by atoms with Crippen LogP contribution in [0, 0.1) is 5.41 Å². The highest BCUT2D eigenvalue weighted by Crippen LogP contribution is 2.27. The van der Waals surface area contributed by atoms with E-state index in [1.807, 2.05) is 90.6 Å². The fourth-order valence-electron chi connectivity index (χ4n) is 4.36. The number of nitrogens with one attached hydrogen (secondary N) is 2. The molecular weight excluding hydrogens is 514 g/mol. The van der Waals surface area contributed by atoms with E-state index in [0.29, 0.717) is 24.4 Å². The Morgan fingerprint density at radius 1 is 1.05 bits per heavy atom. The maximum absolute atomic E-state index is 12.1. The molecule has 0 fully saturated rings. The summed E-state index contributed by atoms with van der Waals surface area (Å²) < 4.78 is 9.04. The lowest BCUT2D eigenvalue weighted by Crippen LogP contribution is -2.11. The molecule has 0 atom stereocenters. The van der Waals surface area contributed by atoms with Crippen molar-refractivity contribution in [3.05, 3.63) is 95.9 Å². The van der Waals surface area contributed by atoms with E-state index in [9.17, 15) is 4.79 Å². The van der Waals surface area contributed by atoms with Crippen molar-refractivity contribution in [1.82, 2.24) is 19.3 Å². The SMILES string of the molecule is CCOC(=O)Cc1cc(-c2ccccc2)n(-c2ccc3c(c2)nc(CNc2ccc(C(=N)N)cc2)n3C)n1.Cl. The number of hydrogen-bond donors (Lipinski definition) is 3. The number of imidazole rings is 1. The Kier molecular flexibility index (Phi) is 8.31. The van der Waals surface area contributed by atoms with Gasteiger partial charge in [0.05, 0.1) is 47.7 Å². The molecule has 5 aromatic rings. The number of rotatable bonds is 9. The van der Waals surface area contributed by atoms with Gasteiger partial charge >= 0.3 is 5.97 Å². The van der Waals surface area contributed by atoms with E-state index in [-0.39, 0.29) is 30.6 Å². The summed E-state index contributed by atoms with van der Waals surface area (Å²) in [6.45, 7) is 2.66. The van der Waals surface area contributed by atoms with Gasteiger partial charge in [-0.15, -0.1) is 12.4 Å². The first-order valence-corrected chi connectivity index (χ1v) is 12.4. The predicted molar refractivity (Wildman–Crippen MR) is 156 cm³/mol. The molecule has 0 aliphatic rings. The third-order valence-electron chi connectivity index (χ3n) is 6.31. The number of esters is 1. The standard InChI is InChI=1S/C29H29N7O2.ClH/c1-3-38-28(37)16-22-15-26(19-7-5-4-6-8-19)36(34-22)23-13-14-25-24(17-23)33-27(35(25)2)18-32-21-11-9-20(10-12-21)29(30)31;/h4-15,17,32H,3,16,18H2,1-2H3,(H3,30,31);1H. The molecule has 0 unspecified atom stereocenters. The zero-order valence-electron chi connectivity index (χ0n) is 21.7. The number of fused-ring (bicyclic) bond motifs is 1. The molecule has 5 rings (SSSR count). The van der Waals surface area contributed by atoms with Crippen LogP contribution in [0.1, 0.15) is 24.0 Å². The molecule has 0 aliphatic carbocycles. The minimum absolute atomic E-state index is 0. The third-order valence-corrected chi connectivity index (χ3v) is 6.31. The molecule has 3 aromatic carbocycles. The zero-order chi connectivity index (χ0) is 26.6. The number of ether oxygens (including phenoxy) is 1. The number of carbonyl (C=O) groups excluding carboxylic acids is 1. The van der Waals surface area contributed by atoms with E-state index in [0.717, 1.165) is 39.5 Å². The molecule has 2 aromatic heterocycles. The van der Waals surface area contributed by atoms with Crippen LogP contribution < -0.4 is 11.1 Å². The van der Waals surface area contributed by atoms with Crippen molar-refractivity contribution in [2.24, 2.45) is 12.8 Å². The van der Waals surface area contributed by atoms with Gasteiger partial charge in [0, 0.05) is 23.9 Å². The van der Waals surface area contributed by atoms with E-state index in [2.05, 4.69) is 9.88 Å². The van der Waals surface area contributed by atoms with E-state index in [1.165, 1.54) is 0 Å². The summed E-state index contributed by atoms with van der Waals surface area (Å²) in [4.78, 5) is 17.0. The third kappa shape index (κ3) is 5.94. The Labute approximate surface area is 232 Å². The van der Waals surface area contributed by atoms with Gasteiger partial charge in [0.1, 0.15) is 11.7 Å². The van der Waals surface area contributed by atoms with Crippen LogP contribution in [0.3, 0.4) is 0 Å². The normalized spacial score (nSPS) is 10.7. The summed E-state index contributed by atoms with van der Waals surface area (Å²) in [5.41, 5.74) is 12.4. The van der Waals surface area contributed by atoms with Gasteiger partial charge in [-0.3, -0.25) is 10.2 Å². The van der Waals surface area contributed by atoms with Crippen LogP contribution in [0.2, 0.25) is 0 Å². The van der Waals surface area contributed by atoms with Gasteiger partial charge in [0.25, 0.3) is 0 Å². The molecular formula is C29H30ClN7O2. The van der Waals surface area contributed by atoms with Gasteiger partial charge in [-0.1, -0.05) is 30.3 Å². The van der Waals surface area contributed by atoms with E-state index >= 15 is 0 Å². The maximum Gasteiger partial charge on any atom is 0.311 e. The molecule has 0 saturated heterocycles.